The van der Waals surface area contributed by atoms with Crippen LogP contribution in [0.3, 0.4) is 0 Å². The summed E-state index contributed by atoms with van der Waals surface area (Å²) in [6.45, 7) is 1.96. The molecule has 4 rings (SSSR count). The first-order valence-corrected chi connectivity index (χ1v) is 8.43. The zero-order chi connectivity index (χ0) is 16.2. The summed E-state index contributed by atoms with van der Waals surface area (Å²) in [5.74, 6) is 0.417. The van der Waals surface area contributed by atoms with Crippen LogP contribution < -0.4 is 4.74 Å². The lowest BCUT2D eigenvalue weighted by atomic mass is 9.92. The molecule has 4 nitrogen and oxygen atoms in total. The predicted octanol–water partition coefficient (Wildman–Crippen LogP) is 3.97. The summed E-state index contributed by atoms with van der Waals surface area (Å²) < 4.78 is 17.3. The fourth-order valence-corrected chi connectivity index (χ4v) is 3.20. The maximum absolute atomic E-state index is 5.79. The number of benzene rings is 1. The Hall–Kier alpha value is -2.17. The number of allylic oxidation sites excluding steroid dienone is 1. The zero-order valence-electron chi connectivity index (χ0n) is 13.6. The van der Waals surface area contributed by atoms with Crippen LogP contribution in [-0.4, -0.2) is 24.0 Å². The van der Waals surface area contributed by atoms with Crippen molar-refractivity contribution in [2.75, 3.05) is 13.2 Å². The van der Waals surface area contributed by atoms with Gasteiger partial charge in [0.05, 0.1) is 25.1 Å². The van der Waals surface area contributed by atoms with Gasteiger partial charge in [0, 0.05) is 12.8 Å². The number of pyridine rings is 1. The zero-order valence-corrected chi connectivity index (χ0v) is 13.6. The van der Waals surface area contributed by atoms with Gasteiger partial charge >= 0.3 is 0 Å². The highest BCUT2D eigenvalue weighted by Crippen LogP contribution is 2.37. The summed E-state index contributed by atoms with van der Waals surface area (Å²) in [6, 6.07) is 14.2. The lowest BCUT2D eigenvalue weighted by Gasteiger charge is -2.30. The molecule has 0 N–H and O–H groups in total. The molecule has 1 fully saturated rings. The van der Waals surface area contributed by atoms with Gasteiger partial charge in [-0.1, -0.05) is 36.4 Å². The Morgan fingerprint density at radius 2 is 1.88 bits per heavy atom. The van der Waals surface area contributed by atoms with Gasteiger partial charge in [0.15, 0.2) is 5.79 Å². The van der Waals surface area contributed by atoms with Gasteiger partial charge in [-0.25, -0.2) is 0 Å². The van der Waals surface area contributed by atoms with Crippen molar-refractivity contribution in [2.45, 2.75) is 31.7 Å². The second kappa shape index (κ2) is 6.75. The highest BCUT2D eigenvalue weighted by molar-refractivity contribution is 5.63. The summed E-state index contributed by atoms with van der Waals surface area (Å²) in [6.07, 6.45) is 6.62. The molecule has 124 valence electrons. The molecule has 0 bridgehead atoms. The van der Waals surface area contributed by atoms with Crippen molar-refractivity contribution in [2.24, 2.45) is 0 Å². The van der Waals surface area contributed by atoms with E-state index in [1.807, 2.05) is 30.3 Å². The third kappa shape index (κ3) is 3.35. The Kier molecular flexibility index (Phi) is 4.32. The normalized spacial score (nSPS) is 19.2. The fourth-order valence-electron chi connectivity index (χ4n) is 3.20. The van der Waals surface area contributed by atoms with Crippen LogP contribution in [0.4, 0.5) is 0 Å². The number of ether oxygens (including phenoxy) is 3. The second-order valence-corrected chi connectivity index (χ2v) is 6.19. The van der Waals surface area contributed by atoms with Crippen LogP contribution in [-0.2, 0) is 16.1 Å². The first kappa shape index (κ1) is 15.4. The molecule has 0 amide bonds. The molecular weight excluding hydrogens is 302 g/mol. The van der Waals surface area contributed by atoms with Crippen LogP contribution >= 0.6 is 0 Å². The van der Waals surface area contributed by atoms with E-state index in [-0.39, 0.29) is 5.79 Å². The molecule has 1 aromatic heterocycles. The van der Waals surface area contributed by atoms with Gasteiger partial charge in [-0.05, 0) is 29.7 Å². The molecule has 1 aliphatic heterocycles. The first-order valence-electron chi connectivity index (χ1n) is 8.43. The highest BCUT2D eigenvalue weighted by Gasteiger charge is 2.37. The van der Waals surface area contributed by atoms with Crippen molar-refractivity contribution in [1.29, 1.82) is 0 Å². The lowest BCUT2D eigenvalue weighted by Crippen LogP contribution is -2.31. The van der Waals surface area contributed by atoms with Gasteiger partial charge in [0.2, 0.25) is 0 Å². The molecular formula is C20H21NO3. The number of nitrogens with zero attached hydrogens (tertiary/aromatic N) is 1. The maximum atomic E-state index is 5.79. The smallest absolute Gasteiger partial charge is 0.172 e. The quantitative estimate of drug-likeness (QED) is 0.853. The third-order valence-electron chi connectivity index (χ3n) is 4.56. The standard InChI is InChI=1S/C20H21NO3/c1-2-4-16(5-3-1)15-22-18-6-7-19(21-14-18)17-8-10-20(11-9-17)23-12-13-24-20/h1-8,14H,9-13,15H2. The molecule has 0 saturated carbocycles. The number of rotatable bonds is 4. The Morgan fingerprint density at radius 3 is 2.54 bits per heavy atom. The van der Waals surface area contributed by atoms with Crippen LogP contribution in [0.25, 0.3) is 5.57 Å². The van der Waals surface area contributed by atoms with Gasteiger partial charge in [-0.15, -0.1) is 0 Å². The van der Waals surface area contributed by atoms with Crippen molar-refractivity contribution in [1.82, 2.24) is 4.98 Å². The number of hydrogen-bond acceptors (Lipinski definition) is 4. The van der Waals surface area contributed by atoms with E-state index in [9.17, 15) is 0 Å². The Bertz CT molecular complexity index is 703. The molecule has 1 aromatic carbocycles. The van der Waals surface area contributed by atoms with E-state index in [1.54, 1.807) is 6.20 Å². The lowest BCUT2D eigenvalue weighted by molar-refractivity contribution is -0.159. The van der Waals surface area contributed by atoms with Gasteiger partial charge in [-0.3, -0.25) is 4.98 Å². The van der Waals surface area contributed by atoms with Gasteiger partial charge < -0.3 is 14.2 Å². The van der Waals surface area contributed by atoms with E-state index < -0.39 is 0 Å². The van der Waals surface area contributed by atoms with Crippen LogP contribution in [0.1, 0.15) is 30.5 Å². The van der Waals surface area contributed by atoms with Crippen molar-refractivity contribution < 1.29 is 14.2 Å². The van der Waals surface area contributed by atoms with Gasteiger partial charge in [-0.2, -0.15) is 0 Å². The summed E-state index contributed by atoms with van der Waals surface area (Å²) >= 11 is 0. The molecule has 4 heteroatoms. The Balaban J connectivity index is 1.38. The molecule has 2 aliphatic rings. The van der Waals surface area contributed by atoms with Crippen LogP contribution in [0.15, 0.2) is 54.7 Å². The molecule has 24 heavy (non-hydrogen) atoms. The average Bonchev–Trinajstić information content (AvgIpc) is 3.10. The van der Waals surface area contributed by atoms with Crippen molar-refractivity contribution in [3.8, 4) is 5.75 Å². The van der Waals surface area contributed by atoms with Crippen LogP contribution in [0, 0.1) is 0 Å². The molecule has 2 heterocycles. The summed E-state index contributed by atoms with van der Waals surface area (Å²) in [5, 5.41) is 0. The maximum Gasteiger partial charge on any atom is 0.172 e. The minimum atomic E-state index is -0.373. The second-order valence-electron chi connectivity index (χ2n) is 6.19. The molecule has 2 aromatic rings. The summed E-state index contributed by atoms with van der Waals surface area (Å²) in [5.41, 5.74) is 3.42. The summed E-state index contributed by atoms with van der Waals surface area (Å²) in [4.78, 5) is 4.55. The van der Waals surface area contributed by atoms with E-state index >= 15 is 0 Å². The molecule has 1 aliphatic carbocycles. The monoisotopic (exact) mass is 323 g/mol. The highest BCUT2D eigenvalue weighted by atomic mass is 16.7. The minimum absolute atomic E-state index is 0.373. The summed E-state index contributed by atoms with van der Waals surface area (Å²) in [7, 11) is 0. The molecule has 1 saturated heterocycles. The molecule has 0 radical (unpaired) electrons. The topological polar surface area (TPSA) is 40.6 Å². The third-order valence-corrected chi connectivity index (χ3v) is 4.56. The first-order chi connectivity index (χ1) is 11.8. The Labute approximate surface area is 142 Å². The number of hydrogen-bond donors (Lipinski definition) is 0. The minimum Gasteiger partial charge on any atom is -0.487 e. The molecule has 0 atom stereocenters. The largest absolute Gasteiger partial charge is 0.487 e. The van der Waals surface area contributed by atoms with E-state index in [4.69, 9.17) is 14.2 Å². The average molecular weight is 323 g/mol. The van der Waals surface area contributed by atoms with E-state index in [0.29, 0.717) is 19.8 Å². The molecule has 0 unspecified atom stereocenters. The van der Waals surface area contributed by atoms with E-state index in [1.165, 1.54) is 5.57 Å². The van der Waals surface area contributed by atoms with E-state index in [2.05, 4.69) is 23.2 Å². The van der Waals surface area contributed by atoms with Gasteiger partial charge in [0.25, 0.3) is 0 Å². The Morgan fingerprint density at radius 1 is 1.04 bits per heavy atom. The number of aromatic nitrogens is 1. The van der Waals surface area contributed by atoms with Crippen LogP contribution in [0.5, 0.6) is 5.75 Å². The SMILES string of the molecule is C1=C(c2ccc(OCc3ccccc3)cn2)CCC2(C1)OCCO2. The van der Waals surface area contributed by atoms with Crippen molar-refractivity contribution in [3.05, 3.63) is 66.0 Å². The molecule has 1 spiro atoms. The van der Waals surface area contributed by atoms with Crippen molar-refractivity contribution >= 4 is 5.57 Å². The van der Waals surface area contributed by atoms with Crippen LogP contribution in [0.2, 0.25) is 0 Å². The van der Waals surface area contributed by atoms with Crippen molar-refractivity contribution in [3.63, 3.8) is 0 Å². The van der Waals surface area contributed by atoms with Gasteiger partial charge in [0.1, 0.15) is 12.4 Å². The van der Waals surface area contributed by atoms with E-state index in [0.717, 1.165) is 36.3 Å². The predicted molar refractivity (Wildman–Crippen MR) is 91.5 cm³/mol. The fraction of sp³-hybridized carbons (Fsp3) is 0.350.